The number of anilines is 2. The Kier molecular flexibility index (Phi) is 9.87. The molecule has 1 amide bonds. The van der Waals surface area contributed by atoms with Crippen molar-refractivity contribution in [3.05, 3.63) is 35.2 Å². The fraction of sp³-hybridized carbons (Fsp3) is 0.381. The van der Waals surface area contributed by atoms with E-state index in [1.165, 1.54) is 27.2 Å². The summed E-state index contributed by atoms with van der Waals surface area (Å²) in [6.07, 6.45) is 1.57. The molecule has 35 heavy (non-hydrogen) atoms. The molecule has 0 atom stereocenters. The monoisotopic (exact) mass is 490 g/mol. The van der Waals surface area contributed by atoms with E-state index in [-0.39, 0.29) is 46.0 Å². The van der Waals surface area contributed by atoms with Crippen molar-refractivity contribution in [2.24, 2.45) is 0 Å². The number of rotatable bonds is 5. The van der Waals surface area contributed by atoms with Crippen LogP contribution in [-0.4, -0.2) is 69.4 Å². The number of ether oxygens (including phenoxy) is 3. The number of amides is 1. The van der Waals surface area contributed by atoms with Crippen molar-refractivity contribution in [2.45, 2.75) is 40.2 Å². The summed E-state index contributed by atoms with van der Waals surface area (Å²) in [5.74, 6) is -2.38. The van der Waals surface area contributed by atoms with E-state index in [4.69, 9.17) is 10.5 Å². The van der Waals surface area contributed by atoms with Crippen LogP contribution in [0.2, 0.25) is 0 Å². The Labute approximate surface area is 200 Å². The SMILES string of the molecule is COC(=O)c1nc(C(C)=O)cnc1N.COC(=O)c1nc(C(C)=O)cnc1NC(=O)OC(C)(C)C. The van der Waals surface area contributed by atoms with Gasteiger partial charge in [0.15, 0.2) is 34.6 Å². The van der Waals surface area contributed by atoms with Gasteiger partial charge in [-0.05, 0) is 20.8 Å². The summed E-state index contributed by atoms with van der Waals surface area (Å²) in [7, 11) is 2.35. The molecule has 0 aliphatic heterocycles. The van der Waals surface area contributed by atoms with Crippen LogP contribution in [0.25, 0.3) is 0 Å². The summed E-state index contributed by atoms with van der Waals surface area (Å²) in [4.78, 5) is 71.7. The van der Waals surface area contributed by atoms with E-state index < -0.39 is 23.6 Å². The van der Waals surface area contributed by atoms with E-state index in [1.807, 2.05) is 0 Å². The fourth-order valence-corrected chi connectivity index (χ4v) is 2.10. The van der Waals surface area contributed by atoms with Gasteiger partial charge in [0.05, 0.1) is 26.6 Å². The summed E-state index contributed by atoms with van der Waals surface area (Å²) in [5, 5.41) is 2.30. The number of nitrogens with one attached hydrogen (secondary N) is 1. The van der Waals surface area contributed by atoms with Crippen LogP contribution in [0.5, 0.6) is 0 Å². The number of hydrogen-bond donors (Lipinski definition) is 2. The first-order valence-corrected chi connectivity index (χ1v) is 9.88. The van der Waals surface area contributed by atoms with Crippen molar-refractivity contribution in [1.82, 2.24) is 19.9 Å². The number of hydrogen-bond acceptors (Lipinski definition) is 13. The minimum absolute atomic E-state index is 0.00913. The number of nitrogens with two attached hydrogens (primary N) is 1. The molecule has 0 aromatic carbocycles. The highest BCUT2D eigenvalue weighted by Gasteiger charge is 2.22. The first-order chi connectivity index (χ1) is 16.2. The zero-order valence-electron chi connectivity index (χ0n) is 20.3. The molecule has 3 N–H and O–H groups in total. The molecule has 0 radical (unpaired) electrons. The third-order valence-corrected chi connectivity index (χ3v) is 3.67. The number of Topliss-reactive ketones (excluding diaryl/α,β-unsaturated/α-hetero) is 2. The van der Waals surface area contributed by atoms with E-state index in [0.717, 1.165) is 13.3 Å². The summed E-state index contributed by atoms with van der Waals surface area (Å²) < 4.78 is 14.0. The maximum atomic E-state index is 11.7. The van der Waals surface area contributed by atoms with Crippen LogP contribution in [-0.2, 0) is 14.2 Å². The van der Waals surface area contributed by atoms with Crippen LogP contribution >= 0.6 is 0 Å². The number of ketones is 2. The Morgan fingerprint density at radius 2 is 1.29 bits per heavy atom. The van der Waals surface area contributed by atoms with Gasteiger partial charge in [-0.2, -0.15) is 0 Å². The third-order valence-electron chi connectivity index (χ3n) is 3.67. The molecular weight excluding hydrogens is 464 g/mol. The second-order valence-corrected chi connectivity index (χ2v) is 7.66. The second kappa shape index (κ2) is 12.1. The normalized spacial score (nSPS) is 10.3. The average Bonchev–Trinajstić information content (AvgIpc) is 2.77. The van der Waals surface area contributed by atoms with Gasteiger partial charge in [-0.15, -0.1) is 0 Å². The maximum Gasteiger partial charge on any atom is 0.413 e. The van der Waals surface area contributed by atoms with Crippen molar-refractivity contribution >= 4 is 41.2 Å². The van der Waals surface area contributed by atoms with E-state index in [0.29, 0.717) is 0 Å². The molecule has 2 rings (SSSR count). The molecular formula is C21H26N6O8. The van der Waals surface area contributed by atoms with Gasteiger partial charge in [0.25, 0.3) is 0 Å². The standard InChI is InChI=1S/C13H17N3O5.C8H9N3O3/c1-7(17)8-6-14-10(9(15-8)11(18)20-5)16-12(19)21-13(2,3)4;1-4(12)5-3-10-7(9)6(11-5)8(13)14-2/h6H,1-5H3,(H,14,16,19);3H,1-2H3,(H2,9,10). The third kappa shape index (κ3) is 8.75. The van der Waals surface area contributed by atoms with Gasteiger partial charge in [-0.3, -0.25) is 14.9 Å². The lowest BCUT2D eigenvalue weighted by Crippen LogP contribution is -2.28. The second-order valence-electron chi connectivity index (χ2n) is 7.66. The van der Waals surface area contributed by atoms with Crippen LogP contribution in [0.4, 0.5) is 16.4 Å². The van der Waals surface area contributed by atoms with E-state index in [9.17, 15) is 24.0 Å². The molecule has 0 aliphatic carbocycles. The molecule has 0 aliphatic rings. The van der Waals surface area contributed by atoms with Crippen molar-refractivity contribution in [3.63, 3.8) is 0 Å². The first kappa shape index (κ1) is 28.5. The topological polar surface area (TPSA) is 203 Å². The molecule has 188 valence electrons. The summed E-state index contributed by atoms with van der Waals surface area (Å²) >= 11 is 0. The molecule has 0 saturated carbocycles. The number of methoxy groups -OCH3 is 2. The quantitative estimate of drug-likeness (QED) is 0.349. The van der Waals surface area contributed by atoms with E-state index in [2.05, 4.69) is 34.7 Å². The lowest BCUT2D eigenvalue weighted by molar-refractivity contribution is 0.0584. The minimum atomic E-state index is -0.823. The van der Waals surface area contributed by atoms with Crippen molar-refractivity contribution < 1.29 is 38.2 Å². The molecule has 0 saturated heterocycles. The minimum Gasteiger partial charge on any atom is -0.464 e. The number of carbonyl (C=O) groups excluding carboxylic acids is 5. The van der Waals surface area contributed by atoms with Crippen LogP contribution in [0.1, 0.15) is 76.6 Å². The van der Waals surface area contributed by atoms with Crippen molar-refractivity contribution in [1.29, 1.82) is 0 Å². The molecule has 2 aromatic rings. The van der Waals surface area contributed by atoms with Gasteiger partial charge in [0.1, 0.15) is 17.0 Å². The van der Waals surface area contributed by atoms with E-state index >= 15 is 0 Å². The van der Waals surface area contributed by atoms with Crippen LogP contribution < -0.4 is 11.1 Å². The molecule has 0 bridgehead atoms. The maximum absolute atomic E-state index is 11.7. The van der Waals surface area contributed by atoms with Gasteiger partial charge in [-0.25, -0.2) is 34.3 Å². The molecule has 0 unspecified atom stereocenters. The number of nitrogens with zero attached hydrogens (tertiary/aromatic N) is 4. The Morgan fingerprint density at radius 3 is 1.74 bits per heavy atom. The summed E-state index contributed by atoms with van der Waals surface area (Å²) in [6, 6.07) is 0. The Bertz CT molecular complexity index is 1140. The lowest BCUT2D eigenvalue weighted by atomic mass is 10.2. The number of nitrogen functional groups attached to an aromatic ring is 1. The van der Waals surface area contributed by atoms with E-state index in [1.54, 1.807) is 20.8 Å². The number of aromatic nitrogens is 4. The highest BCUT2D eigenvalue weighted by molar-refractivity contribution is 5.99. The largest absolute Gasteiger partial charge is 0.464 e. The number of esters is 2. The zero-order valence-corrected chi connectivity index (χ0v) is 20.3. The number of carbonyl (C=O) groups is 5. The molecule has 14 nitrogen and oxygen atoms in total. The summed E-state index contributed by atoms with van der Waals surface area (Å²) in [5.41, 5.74) is 4.34. The fourth-order valence-electron chi connectivity index (χ4n) is 2.10. The van der Waals surface area contributed by atoms with Crippen molar-refractivity contribution in [2.75, 3.05) is 25.3 Å². The van der Waals surface area contributed by atoms with Crippen molar-refractivity contribution in [3.8, 4) is 0 Å². The van der Waals surface area contributed by atoms with Gasteiger partial charge < -0.3 is 19.9 Å². The molecule has 0 spiro atoms. The Morgan fingerprint density at radius 1 is 0.829 bits per heavy atom. The predicted molar refractivity (Wildman–Crippen MR) is 121 cm³/mol. The summed E-state index contributed by atoms with van der Waals surface area (Å²) in [6.45, 7) is 7.68. The highest BCUT2D eigenvalue weighted by Crippen LogP contribution is 2.15. The first-order valence-electron chi connectivity index (χ1n) is 9.88. The smallest absolute Gasteiger partial charge is 0.413 e. The Balaban J connectivity index is 0.000000379. The zero-order chi connectivity index (χ0) is 26.9. The van der Waals surface area contributed by atoms with Crippen LogP contribution in [0.3, 0.4) is 0 Å². The molecule has 0 fully saturated rings. The van der Waals surface area contributed by atoms with Crippen LogP contribution in [0.15, 0.2) is 12.4 Å². The molecule has 2 aromatic heterocycles. The molecule has 2 heterocycles. The Hall–Kier alpha value is -4.49. The van der Waals surface area contributed by atoms with Gasteiger partial charge >= 0.3 is 18.0 Å². The average molecular weight is 490 g/mol. The lowest BCUT2D eigenvalue weighted by Gasteiger charge is -2.19. The van der Waals surface area contributed by atoms with Gasteiger partial charge in [-0.1, -0.05) is 0 Å². The molecule has 14 heteroatoms. The van der Waals surface area contributed by atoms with Gasteiger partial charge in [0, 0.05) is 13.8 Å². The van der Waals surface area contributed by atoms with Crippen LogP contribution in [0, 0.1) is 0 Å². The highest BCUT2D eigenvalue weighted by atomic mass is 16.6. The van der Waals surface area contributed by atoms with Gasteiger partial charge in [0.2, 0.25) is 0 Å². The predicted octanol–water partition coefficient (Wildman–Crippen LogP) is 1.86.